The first-order valence-electron chi connectivity index (χ1n) is 8.20. The maximum Gasteiger partial charge on any atom is 0.137 e. The van der Waals surface area contributed by atoms with Crippen LogP contribution in [0.3, 0.4) is 0 Å². The number of halogens is 2. The Hall–Kier alpha value is -2.08. The van der Waals surface area contributed by atoms with Gasteiger partial charge in [-0.25, -0.2) is 9.67 Å². The molecule has 1 heterocycles. The Morgan fingerprint density at radius 1 is 1.04 bits per heavy atom. The van der Waals surface area contributed by atoms with E-state index in [2.05, 4.69) is 10.1 Å². The molecular weight excluding hydrogens is 373 g/mol. The summed E-state index contributed by atoms with van der Waals surface area (Å²) >= 11 is 12.4. The molecule has 0 saturated heterocycles. The molecule has 3 aromatic rings. The van der Waals surface area contributed by atoms with E-state index in [-0.39, 0.29) is 5.92 Å². The predicted octanol–water partition coefficient (Wildman–Crippen LogP) is 4.98. The van der Waals surface area contributed by atoms with Gasteiger partial charge in [-0.15, -0.1) is 0 Å². The largest absolute Gasteiger partial charge is 0.457 e. The Bertz CT molecular complexity index is 852. The molecule has 7 heteroatoms. The molecule has 0 bridgehead atoms. The van der Waals surface area contributed by atoms with Crippen molar-refractivity contribution in [2.75, 3.05) is 0 Å². The summed E-state index contributed by atoms with van der Waals surface area (Å²) in [7, 11) is 0. The smallest absolute Gasteiger partial charge is 0.137 e. The Morgan fingerprint density at radius 3 is 2.31 bits per heavy atom. The topological polar surface area (TPSA) is 60.2 Å². The summed E-state index contributed by atoms with van der Waals surface area (Å²) in [4.78, 5) is 3.98. The van der Waals surface area contributed by atoms with Gasteiger partial charge >= 0.3 is 0 Å². The van der Waals surface area contributed by atoms with Gasteiger partial charge in [0.1, 0.15) is 30.2 Å². The van der Waals surface area contributed by atoms with Gasteiger partial charge in [-0.05, 0) is 47.9 Å². The highest BCUT2D eigenvalue weighted by atomic mass is 35.5. The van der Waals surface area contributed by atoms with Crippen molar-refractivity contribution in [1.29, 1.82) is 0 Å². The molecular formula is C19H19Cl2N3O2. The number of aromatic nitrogens is 3. The number of ether oxygens (including phenoxy) is 1. The molecule has 2 unspecified atom stereocenters. The van der Waals surface area contributed by atoms with Crippen molar-refractivity contribution in [2.45, 2.75) is 26.0 Å². The SMILES string of the molecule is CC(C)C(O)C(c1ccc(Oc2ccc(Cl)cc2)cc1Cl)n1cncn1. The van der Waals surface area contributed by atoms with E-state index in [1.807, 2.05) is 26.0 Å². The first-order chi connectivity index (χ1) is 12.5. The maximum absolute atomic E-state index is 10.7. The molecule has 0 fully saturated rings. The number of benzene rings is 2. The van der Waals surface area contributed by atoms with Gasteiger partial charge in [0.25, 0.3) is 0 Å². The van der Waals surface area contributed by atoms with Gasteiger partial charge in [0.15, 0.2) is 0 Å². The predicted molar refractivity (Wildman–Crippen MR) is 102 cm³/mol. The van der Waals surface area contributed by atoms with Crippen LogP contribution in [0.5, 0.6) is 11.5 Å². The van der Waals surface area contributed by atoms with Gasteiger partial charge in [0.05, 0.1) is 6.10 Å². The molecule has 2 atom stereocenters. The molecule has 136 valence electrons. The highest BCUT2D eigenvalue weighted by molar-refractivity contribution is 6.31. The fourth-order valence-corrected chi connectivity index (χ4v) is 3.07. The minimum Gasteiger partial charge on any atom is -0.457 e. The van der Waals surface area contributed by atoms with Crippen LogP contribution in [0.15, 0.2) is 55.1 Å². The van der Waals surface area contributed by atoms with E-state index in [1.54, 1.807) is 41.3 Å². The average Bonchev–Trinajstić information content (AvgIpc) is 3.13. The van der Waals surface area contributed by atoms with Crippen LogP contribution in [0.4, 0.5) is 0 Å². The number of rotatable bonds is 6. The van der Waals surface area contributed by atoms with E-state index >= 15 is 0 Å². The molecule has 1 aromatic heterocycles. The molecule has 0 amide bonds. The Labute approximate surface area is 162 Å². The van der Waals surface area contributed by atoms with Gasteiger partial charge in [-0.1, -0.05) is 43.1 Å². The lowest BCUT2D eigenvalue weighted by Gasteiger charge is -2.27. The van der Waals surface area contributed by atoms with E-state index in [0.29, 0.717) is 21.5 Å². The van der Waals surface area contributed by atoms with Crippen molar-refractivity contribution >= 4 is 23.2 Å². The zero-order chi connectivity index (χ0) is 18.7. The normalized spacial score (nSPS) is 13.6. The van der Waals surface area contributed by atoms with Gasteiger partial charge in [-0.2, -0.15) is 5.10 Å². The first-order valence-corrected chi connectivity index (χ1v) is 8.96. The number of aliphatic hydroxyl groups excluding tert-OH is 1. The second kappa shape index (κ2) is 8.08. The second-order valence-corrected chi connectivity index (χ2v) is 7.14. The van der Waals surface area contributed by atoms with Gasteiger partial charge in [-0.3, -0.25) is 0 Å². The van der Waals surface area contributed by atoms with Crippen molar-refractivity contribution in [3.05, 3.63) is 70.7 Å². The third-order valence-electron chi connectivity index (χ3n) is 4.07. The minimum atomic E-state index is -0.669. The Balaban J connectivity index is 1.90. The van der Waals surface area contributed by atoms with Crippen molar-refractivity contribution in [2.24, 2.45) is 5.92 Å². The molecule has 2 aromatic carbocycles. The number of aliphatic hydroxyl groups is 1. The fourth-order valence-electron chi connectivity index (χ4n) is 2.66. The van der Waals surface area contributed by atoms with Crippen LogP contribution in [0, 0.1) is 5.92 Å². The molecule has 0 radical (unpaired) electrons. The van der Waals surface area contributed by atoms with Crippen LogP contribution in [-0.4, -0.2) is 26.0 Å². The lowest BCUT2D eigenvalue weighted by Crippen LogP contribution is -2.30. The van der Waals surface area contributed by atoms with Crippen LogP contribution < -0.4 is 4.74 Å². The Morgan fingerprint density at radius 2 is 1.73 bits per heavy atom. The van der Waals surface area contributed by atoms with Gasteiger partial charge in [0.2, 0.25) is 0 Å². The molecule has 0 spiro atoms. The third kappa shape index (κ3) is 4.18. The molecule has 26 heavy (non-hydrogen) atoms. The molecule has 0 aliphatic carbocycles. The number of hydrogen-bond donors (Lipinski definition) is 1. The Kier molecular flexibility index (Phi) is 5.81. The van der Waals surface area contributed by atoms with Crippen molar-refractivity contribution < 1.29 is 9.84 Å². The third-order valence-corrected chi connectivity index (χ3v) is 4.65. The van der Waals surface area contributed by atoms with Gasteiger partial charge in [0, 0.05) is 10.0 Å². The highest BCUT2D eigenvalue weighted by Crippen LogP contribution is 2.34. The summed E-state index contributed by atoms with van der Waals surface area (Å²) in [5.41, 5.74) is 0.752. The van der Waals surface area contributed by atoms with E-state index in [1.165, 1.54) is 6.33 Å². The first kappa shape index (κ1) is 18.7. The van der Waals surface area contributed by atoms with Crippen LogP contribution in [0.25, 0.3) is 0 Å². The minimum absolute atomic E-state index is 0.0188. The van der Waals surface area contributed by atoms with Crippen LogP contribution in [0.2, 0.25) is 10.0 Å². The fraction of sp³-hybridized carbons (Fsp3) is 0.263. The summed E-state index contributed by atoms with van der Waals surface area (Å²) in [5, 5.41) is 16.0. The van der Waals surface area contributed by atoms with Crippen molar-refractivity contribution in [3.8, 4) is 11.5 Å². The summed E-state index contributed by atoms with van der Waals surface area (Å²) in [5.74, 6) is 1.27. The quantitative estimate of drug-likeness (QED) is 0.643. The molecule has 0 aliphatic rings. The molecule has 0 aliphatic heterocycles. The highest BCUT2D eigenvalue weighted by Gasteiger charge is 2.28. The standard InChI is InChI=1S/C19H19Cl2N3O2/c1-12(2)19(25)18(24-11-22-10-23-24)16-8-7-15(9-17(16)21)26-14-5-3-13(20)4-6-14/h3-12,18-19,25H,1-2H3. The van der Waals surface area contributed by atoms with E-state index in [9.17, 15) is 5.11 Å². The van der Waals surface area contributed by atoms with E-state index in [0.717, 1.165) is 5.56 Å². The van der Waals surface area contributed by atoms with E-state index in [4.69, 9.17) is 27.9 Å². The second-order valence-electron chi connectivity index (χ2n) is 6.29. The molecule has 5 nitrogen and oxygen atoms in total. The summed E-state index contributed by atoms with van der Waals surface area (Å²) < 4.78 is 7.42. The maximum atomic E-state index is 10.7. The van der Waals surface area contributed by atoms with Crippen LogP contribution in [-0.2, 0) is 0 Å². The summed E-state index contributed by atoms with van der Waals surface area (Å²) in [6.07, 6.45) is 2.34. The number of hydrogen-bond acceptors (Lipinski definition) is 4. The molecule has 3 rings (SSSR count). The van der Waals surface area contributed by atoms with Crippen LogP contribution in [0.1, 0.15) is 25.5 Å². The molecule has 1 N–H and O–H groups in total. The van der Waals surface area contributed by atoms with Gasteiger partial charge < -0.3 is 9.84 Å². The lowest BCUT2D eigenvalue weighted by molar-refractivity contribution is 0.0802. The average molecular weight is 392 g/mol. The zero-order valence-corrected chi connectivity index (χ0v) is 15.9. The van der Waals surface area contributed by atoms with E-state index < -0.39 is 12.1 Å². The zero-order valence-electron chi connectivity index (χ0n) is 14.4. The lowest BCUT2D eigenvalue weighted by atomic mass is 9.93. The monoisotopic (exact) mass is 391 g/mol. The van der Waals surface area contributed by atoms with Crippen LogP contribution >= 0.6 is 23.2 Å². The van der Waals surface area contributed by atoms with Crippen molar-refractivity contribution in [3.63, 3.8) is 0 Å². The number of nitrogens with zero attached hydrogens (tertiary/aromatic N) is 3. The summed E-state index contributed by atoms with van der Waals surface area (Å²) in [6, 6.07) is 12.0. The molecule has 0 saturated carbocycles. The summed E-state index contributed by atoms with van der Waals surface area (Å²) in [6.45, 7) is 3.89. The van der Waals surface area contributed by atoms with Crippen molar-refractivity contribution in [1.82, 2.24) is 14.8 Å².